The summed E-state index contributed by atoms with van der Waals surface area (Å²) in [4.78, 5) is 33.6. The lowest BCUT2D eigenvalue weighted by Gasteiger charge is -2.44. The van der Waals surface area contributed by atoms with Crippen LogP contribution in [0.1, 0.15) is 37.0 Å². The van der Waals surface area contributed by atoms with E-state index in [1.165, 1.54) is 0 Å². The van der Waals surface area contributed by atoms with Crippen molar-refractivity contribution in [1.82, 2.24) is 14.8 Å². The molecule has 32 heavy (non-hydrogen) atoms. The van der Waals surface area contributed by atoms with E-state index in [4.69, 9.17) is 0 Å². The van der Waals surface area contributed by atoms with E-state index in [9.17, 15) is 14.7 Å². The van der Waals surface area contributed by atoms with Crippen molar-refractivity contribution < 1.29 is 14.7 Å². The molecule has 6 heteroatoms. The highest BCUT2D eigenvalue weighted by Crippen LogP contribution is 2.38. The molecule has 164 valence electrons. The fourth-order valence-corrected chi connectivity index (χ4v) is 4.53. The monoisotopic (exact) mass is 429 g/mol. The van der Waals surface area contributed by atoms with E-state index in [2.05, 4.69) is 23.2 Å². The number of piperazine rings is 1. The maximum atomic E-state index is 13.2. The number of pyridine rings is 1. The largest absolute Gasteiger partial charge is 0.380 e. The maximum absolute atomic E-state index is 13.2. The van der Waals surface area contributed by atoms with Gasteiger partial charge in [0.2, 0.25) is 0 Å². The number of fused-ring (bicyclic) bond motifs is 1. The van der Waals surface area contributed by atoms with Crippen LogP contribution in [0.5, 0.6) is 0 Å². The molecule has 0 radical (unpaired) electrons. The molecule has 0 bridgehead atoms. The van der Waals surface area contributed by atoms with Gasteiger partial charge in [-0.25, -0.2) is 0 Å². The molecule has 6 nitrogen and oxygen atoms in total. The maximum Gasteiger partial charge on any atom is 0.254 e. The topological polar surface area (TPSA) is 73.7 Å². The minimum Gasteiger partial charge on any atom is -0.380 e. The van der Waals surface area contributed by atoms with Gasteiger partial charge in [-0.2, -0.15) is 0 Å². The quantitative estimate of drug-likeness (QED) is 0.692. The third kappa shape index (κ3) is 3.65. The molecule has 1 N–H and O–H groups in total. The molecular formula is C26H27N3O3. The van der Waals surface area contributed by atoms with Gasteiger partial charge in [0.15, 0.2) is 0 Å². The fraction of sp³-hybridized carbons (Fsp3) is 0.346. The van der Waals surface area contributed by atoms with Gasteiger partial charge in [-0.15, -0.1) is 0 Å². The Bertz CT molecular complexity index is 1190. The van der Waals surface area contributed by atoms with Crippen molar-refractivity contribution in [2.24, 2.45) is 0 Å². The lowest BCUT2D eigenvalue weighted by molar-refractivity contribution is -0.147. The van der Waals surface area contributed by atoms with Gasteiger partial charge in [-0.05, 0) is 67.5 Å². The number of rotatable bonds is 3. The Morgan fingerprint density at radius 1 is 0.906 bits per heavy atom. The van der Waals surface area contributed by atoms with E-state index in [0.717, 1.165) is 21.9 Å². The molecule has 3 aromatic rings. The van der Waals surface area contributed by atoms with Gasteiger partial charge in [0, 0.05) is 48.5 Å². The second-order valence-corrected chi connectivity index (χ2v) is 9.16. The zero-order valence-electron chi connectivity index (χ0n) is 18.4. The summed E-state index contributed by atoms with van der Waals surface area (Å²) in [6.07, 6.45) is 4.70. The first-order valence-electron chi connectivity index (χ1n) is 11.1. The predicted molar refractivity (Wildman–Crippen MR) is 123 cm³/mol. The van der Waals surface area contributed by atoms with Gasteiger partial charge < -0.3 is 14.9 Å². The summed E-state index contributed by atoms with van der Waals surface area (Å²) < 4.78 is 0. The van der Waals surface area contributed by atoms with Crippen molar-refractivity contribution >= 4 is 22.6 Å². The molecular weight excluding hydrogens is 402 g/mol. The van der Waals surface area contributed by atoms with E-state index >= 15 is 0 Å². The van der Waals surface area contributed by atoms with Crippen LogP contribution in [-0.4, -0.2) is 62.5 Å². The summed E-state index contributed by atoms with van der Waals surface area (Å²) in [7, 11) is 0. The molecule has 2 aromatic carbocycles. The molecule has 0 spiro atoms. The summed E-state index contributed by atoms with van der Waals surface area (Å²) in [5.74, 6) is -0.225. The number of carbonyl (C=O) groups is 2. The highest BCUT2D eigenvalue weighted by Gasteiger charge is 2.52. The van der Waals surface area contributed by atoms with Gasteiger partial charge in [0.1, 0.15) is 5.60 Å². The van der Waals surface area contributed by atoms with Crippen LogP contribution < -0.4 is 0 Å². The Morgan fingerprint density at radius 2 is 1.56 bits per heavy atom. The molecule has 2 atom stereocenters. The highest BCUT2D eigenvalue weighted by atomic mass is 16.3. The van der Waals surface area contributed by atoms with E-state index < -0.39 is 5.60 Å². The van der Waals surface area contributed by atoms with Crippen LogP contribution in [0.4, 0.5) is 0 Å². The number of aliphatic hydroxyl groups is 1. The highest BCUT2D eigenvalue weighted by molar-refractivity contribution is 5.96. The molecule has 2 amide bonds. The lowest BCUT2D eigenvalue weighted by atomic mass is 10.00. The van der Waals surface area contributed by atoms with Crippen molar-refractivity contribution in [1.29, 1.82) is 0 Å². The molecule has 2 heterocycles. The first kappa shape index (κ1) is 20.6. The Balaban J connectivity index is 1.31. The number of carbonyl (C=O) groups excluding carboxylic acids is 2. The molecule has 1 saturated carbocycles. The summed E-state index contributed by atoms with van der Waals surface area (Å²) >= 11 is 0. The SMILES string of the molecule is C[C@@H]1CN(C(=O)c2ccc(-c3ccc4cnccc4c3)cc2)[C@@H](C)CN1C(=O)C1(O)CC1. The van der Waals surface area contributed by atoms with Crippen LogP contribution in [-0.2, 0) is 4.79 Å². The van der Waals surface area contributed by atoms with Gasteiger partial charge in [-0.3, -0.25) is 14.6 Å². The average molecular weight is 430 g/mol. The number of nitrogens with zero attached hydrogens (tertiary/aromatic N) is 3. The summed E-state index contributed by atoms with van der Waals surface area (Å²) in [6, 6.07) is 15.7. The lowest BCUT2D eigenvalue weighted by Crippen LogP contribution is -2.61. The van der Waals surface area contributed by atoms with Crippen molar-refractivity contribution in [3.05, 3.63) is 66.5 Å². The first-order chi connectivity index (χ1) is 15.4. The van der Waals surface area contributed by atoms with Gasteiger partial charge in [-0.1, -0.05) is 24.3 Å². The Morgan fingerprint density at radius 3 is 2.28 bits per heavy atom. The van der Waals surface area contributed by atoms with E-state index in [0.29, 0.717) is 31.5 Å². The van der Waals surface area contributed by atoms with Gasteiger partial charge in [0.25, 0.3) is 11.8 Å². The van der Waals surface area contributed by atoms with Crippen LogP contribution in [0.15, 0.2) is 60.9 Å². The van der Waals surface area contributed by atoms with E-state index in [1.54, 1.807) is 11.1 Å². The smallest absolute Gasteiger partial charge is 0.254 e. The molecule has 1 aromatic heterocycles. The molecule has 1 aliphatic heterocycles. The fourth-order valence-electron chi connectivity index (χ4n) is 4.53. The number of amides is 2. The van der Waals surface area contributed by atoms with Gasteiger partial charge in [0.05, 0.1) is 0 Å². The summed E-state index contributed by atoms with van der Waals surface area (Å²) in [5, 5.41) is 12.4. The second kappa shape index (κ2) is 7.71. The number of aromatic nitrogens is 1. The van der Waals surface area contributed by atoms with Crippen molar-refractivity contribution in [3.8, 4) is 11.1 Å². The standard InChI is InChI=1S/C26H27N3O3/c1-17-16-29(25(31)26(32)10-11-26)18(2)15-28(17)24(30)20-5-3-19(4-6-20)21-7-8-23-14-27-12-9-22(23)13-21/h3-9,12-14,17-18,32H,10-11,15-16H2,1-2H3/t17-,18+/m0/s1. The zero-order chi connectivity index (χ0) is 22.5. The number of hydrogen-bond donors (Lipinski definition) is 1. The predicted octanol–water partition coefficient (Wildman–Crippen LogP) is 3.49. The molecule has 0 unspecified atom stereocenters. The van der Waals surface area contributed by atoms with Crippen LogP contribution in [0.2, 0.25) is 0 Å². The van der Waals surface area contributed by atoms with E-state index in [-0.39, 0.29) is 23.9 Å². The van der Waals surface area contributed by atoms with Crippen molar-refractivity contribution in [3.63, 3.8) is 0 Å². The minimum absolute atomic E-state index is 0.0299. The second-order valence-electron chi connectivity index (χ2n) is 9.16. The van der Waals surface area contributed by atoms with E-state index in [1.807, 2.05) is 55.3 Å². The minimum atomic E-state index is -1.17. The summed E-state index contributed by atoms with van der Waals surface area (Å²) in [6.45, 7) is 4.80. The van der Waals surface area contributed by atoms with Crippen LogP contribution in [0.3, 0.4) is 0 Å². The Kier molecular flexibility index (Phi) is 4.97. The molecule has 2 aliphatic rings. The van der Waals surface area contributed by atoms with Crippen molar-refractivity contribution in [2.45, 2.75) is 44.4 Å². The van der Waals surface area contributed by atoms with Crippen molar-refractivity contribution in [2.75, 3.05) is 13.1 Å². The third-order valence-corrected chi connectivity index (χ3v) is 6.74. The molecule has 1 saturated heterocycles. The number of hydrogen-bond acceptors (Lipinski definition) is 4. The van der Waals surface area contributed by atoms with Gasteiger partial charge >= 0.3 is 0 Å². The molecule has 1 aliphatic carbocycles. The van der Waals surface area contributed by atoms with Crippen LogP contribution >= 0.6 is 0 Å². The normalized spacial score (nSPS) is 22.1. The molecule has 2 fully saturated rings. The number of benzene rings is 2. The Labute approximate surface area is 187 Å². The average Bonchev–Trinajstić information content (AvgIpc) is 3.57. The summed E-state index contributed by atoms with van der Waals surface area (Å²) in [5.41, 5.74) is 1.61. The molecule has 5 rings (SSSR count). The third-order valence-electron chi connectivity index (χ3n) is 6.74. The first-order valence-corrected chi connectivity index (χ1v) is 11.1. The van der Waals surface area contributed by atoms with Crippen LogP contribution in [0.25, 0.3) is 21.9 Å². The zero-order valence-corrected chi connectivity index (χ0v) is 18.4. The van der Waals surface area contributed by atoms with Crippen LogP contribution in [0, 0.1) is 0 Å². The Hall–Kier alpha value is -3.25.